The first-order chi connectivity index (χ1) is 13.4. The maximum absolute atomic E-state index is 13.2. The Kier molecular flexibility index (Phi) is 5.89. The fraction of sp³-hybridized carbons (Fsp3) is 0.200. The second kappa shape index (κ2) is 8.35. The predicted molar refractivity (Wildman–Crippen MR) is 109 cm³/mol. The van der Waals surface area contributed by atoms with Crippen molar-refractivity contribution >= 4 is 33.6 Å². The van der Waals surface area contributed by atoms with E-state index in [9.17, 15) is 9.59 Å². The van der Waals surface area contributed by atoms with E-state index in [-0.39, 0.29) is 5.91 Å². The average Bonchev–Trinajstić information content (AvgIpc) is 2.67. The van der Waals surface area contributed by atoms with E-state index in [1.165, 1.54) is 7.11 Å². The lowest BCUT2D eigenvalue weighted by molar-refractivity contribution is -0.113. The zero-order valence-electron chi connectivity index (χ0n) is 15.6. The fourth-order valence-electron chi connectivity index (χ4n) is 3.10. The minimum absolute atomic E-state index is 0.360. The molecule has 1 unspecified atom stereocenters. The number of urea groups is 1. The van der Waals surface area contributed by atoms with Gasteiger partial charge in [0.15, 0.2) is 0 Å². The Hall–Kier alpha value is -3.00. The summed E-state index contributed by atoms with van der Waals surface area (Å²) in [5.74, 6) is 0.741. The van der Waals surface area contributed by atoms with Gasteiger partial charge in [0.2, 0.25) is 0 Å². The Balaban J connectivity index is 2.03. The minimum Gasteiger partial charge on any atom is -0.496 e. The van der Waals surface area contributed by atoms with Crippen molar-refractivity contribution in [1.29, 1.82) is 0 Å². The zero-order valence-corrected chi connectivity index (χ0v) is 17.2. The number of anilines is 1. The monoisotopic (exact) mass is 445 g/mol. The van der Waals surface area contributed by atoms with E-state index in [0.717, 1.165) is 4.47 Å². The molecule has 0 fully saturated rings. The molecule has 1 aliphatic rings. The van der Waals surface area contributed by atoms with Crippen LogP contribution in [0.1, 0.15) is 18.5 Å². The number of rotatable bonds is 5. The molecule has 0 bridgehead atoms. The molecule has 0 saturated carbocycles. The summed E-state index contributed by atoms with van der Waals surface area (Å²) in [7, 11) is 3.08. The summed E-state index contributed by atoms with van der Waals surface area (Å²) < 4.78 is 11.5. The molecule has 7 nitrogen and oxygen atoms in total. The number of benzene rings is 2. The summed E-state index contributed by atoms with van der Waals surface area (Å²) in [4.78, 5) is 25.3. The summed E-state index contributed by atoms with van der Waals surface area (Å²) >= 11 is 3.43. The van der Waals surface area contributed by atoms with Gasteiger partial charge in [-0.15, -0.1) is 0 Å². The van der Waals surface area contributed by atoms with Crippen molar-refractivity contribution in [3.05, 3.63) is 63.8 Å². The molecule has 0 aromatic heterocycles. The molecule has 3 N–H and O–H groups in total. The quantitative estimate of drug-likeness (QED) is 0.653. The van der Waals surface area contributed by atoms with Gasteiger partial charge in [0.25, 0.3) is 5.91 Å². The van der Waals surface area contributed by atoms with Gasteiger partial charge in [0, 0.05) is 15.7 Å². The maximum atomic E-state index is 13.2. The van der Waals surface area contributed by atoms with Gasteiger partial charge in [-0.25, -0.2) is 4.79 Å². The van der Waals surface area contributed by atoms with Crippen LogP contribution in [0.25, 0.3) is 0 Å². The van der Waals surface area contributed by atoms with Gasteiger partial charge in [0.1, 0.15) is 11.5 Å². The molecule has 146 valence electrons. The van der Waals surface area contributed by atoms with Crippen LogP contribution in [0.15, 0.2) is 58.2 Å². The normalized spacial score (nSPS) is 16.1. The van der Waals surface area contributed by atoms with Gasteiger partial charge in [-0.3, -0.25) is 4.79 Å². The van der Waals surface area contributed by atoms with E-state index in [1.54, 1.807) is 38.3 Å². The summed E-state index contributed by atoms with van der Waals surface area (Å²) in [6, 6.07) is 11.5. The van der Waals surface area contributed by atoms with Gasteiger partial charge in [-0.1, -0.05) is 28.1 Å². The number of hydrogen-bond acceptors (Lipinski definition) is 4. The second-order valence-electron chi connectivity index (χ2n) is 6.11. The van der Waals surface area contributed by atoms with Crippen LogP contribution in [0.2, 0.25) is 0 Å². The lowest BCUT2D eigenvalue weighted by atomic mass is 9.94. The molecular formula is C20H20BrN3O4. The number of methoxy groups -OCH3 is 2. The third-order valence-electron chi connectivity index (χ3n) is 4.37. The minimum atomic E-state index is -0.684. The van der Waals surface area contributed by atoms with Gasteiger partial charge < -0.3 is 25.4 Å². The average molecular weight is 446 g/mol. The summed E-state index contributed by atoms with van der Waals surface area (Å²) in [5.41, 5.74) is 2.04. The lowest BCUT2D eigenvalue weighted by Crippen LogP contribution is -2.46. The molecule has 8 heteroatoms. The predicted octanol–water partition coefficient (Wildman–Crippen LogP) is 3.73. The van der Waals surface area contributed by atoms with Crippen molar-refractivity contribution in [2.45, 2.75) is 13.0 Å². The molecule has 1 heterocycles. The molecule has 0 aliphatic carbocycles. The highest BCUT2D eigenvalue weighted by Crippen LogP contribution is 2.35. The molecular weight excluding hydrogens is 426 g/mol. The van der Waals surface area contributed by atoms with E-state index in [4.69, 9.17) is 9.47 Å². The summed E-state index contributed by atoms with van der Waals surface area (Å²) in [6.45, 7) is 1.69. The Labute approximate surface area is 171 Å². The first-order valence-electron chi connectivity index (χ1n) is 8.50. The molecule has 1 aliphatic heterocycles. The number of nitrogens with one attached hydrogen (secondary N) is 3. The molecule has 2 aromatic rings. The highest BCUT2D eigenvalue weighted by Gasteiger charge is 2.33. The van der Waals surface area contributed by atoms with Gasteiger partial charge in [-0.05, 0) is 37.3 Å². The number of carbonyl (C=O) groups excluding carboxylic acids is 2. The third-order valence-corrected chi connectivity index (χ3v) is 4.86. The van der Waals surface area contributed by atoms with Crippen LogP contribution in [0, 0.1) is 0 Å². The summed E-state index contributed by atoms with van der Waals surface area (Å²) in [5, 5.41) is 8.33. The van der Waals surface area contributed by atoms with Crippen molar-refractivity contribution < 1.29 is 19.1 Å². The second-order valence-corrected chi connectivity index (χ2v) is 7.03. The number of hydrogen-bond donors (Lipinski definition) is 3. The lowest BCUT2D eigenvalue weighted by Gasteiger charge is -2.29. The van der Waals surface area contributed by atoms with E-state index in [2.05, 4.69) is 31.9 Å². The number of halogens is 1. The Morgan fingerprint density at radius 3 is 2.54 bits per heavy atom. The largest absolute Gasteiger partial charge is 0.496 e. The topological polar surface area (TPSA) is 88.7 Å². The molecule has 28 heavy (non-hydrogen) atoms. The standard InChI is InChI=1S/C20H20BrN3O4/c1-11-17(19(25)23-14-6-4-5-7-16(14)28-3)18(24-20(26)22-11)13-10-12(21)8-9-15(13)27-2/h4-10,18H,1-3H3,(H,23,25)(H2,22,24,26). The Bertz CT molecular complexity index is 958. The van der Waals surface area contributed by atoms with Crippen LogP contribution < -0.4 is 25.4 Å². The van der Waals surface area contributed by atoms with Gasteiger partial charge in [-0.2, -0.15) is 0 Å². The summed E-state index contributed by atoms with van der Waals surface area (Å²) in [6.07, 6.45) is 0. The van der Waals surface area contributed by atoms with Crippen molar-refractivity contribution in [1.82, 2.24) is 10.6 Å². The van der Waals surface area contributed by atoms with E-state index >= 15 is 0 Å². The third kappa shape index (κ3) is 3.96. The van der Waals surface area contributed by atoms with Crippen LogP contribution in [-0.4, -0.2) is 26.2 Å². The molecule has 0 spiro atoms. The number of allylic oxidation sites excluding steroid dienone is 1. The van der Waals surface area contributed by atoms with Gasteiger partial charge in [0.05, 0.1) is 31.5 Å². The van der Waals surface area contributed by atoms with E-state index in [1.807, 2.05) is 18.2 Å². The zero-order chi connectivity index (χ0) is 20.3. The molecule has 0 radical (unpaired) electrons. The van der Waals surface area contributed by atoms with Crippen molar-refractivity contribution in [3.63, 3.8) is 0 Å². The maximum Gasteiger partial charge on any atom is 0.319 e. The van der Waals surface area contributed by atoms with Crippen LogP contribution in [0.5, 0.6) is 11.5 Å². The highest BCUT2D eigenvalue weighted by atomic mass is 79.9. The van der Waals surface area contributed by atoms with Crippen LogP contribution in [0.4, 0.5) is 10.5 Å². The van der Waals surface area contributed by atoms with E-state index in [0.29, 0.717) is 34.0 Å². The smallest absolute Gasteiger partial charge is 0.319 e. The van der Waals surface area contributed by atoms with E-state index < -0.39 is 12.1 Å². The van der Waals surface area contributed by atoms with Crippen LogP contribution in [0.3, 0.4) is 0 Å². The van der Waals surface area contributed by atoms with Gasteiger partial charge >= 0.3 is 6.03 Å². The number of amides is 3. The van der Waals surface area contributed by atoms with Crippen LogP contribution in [-0.2, 0) is 4.79 Å². The van der Waals surface area contributed by atoms with Crippen LogP contribution >= 0.6 is 15.9 Å². The fourth-order valence-corrected chi connectivity index (χ4v) is 3.48. The Morgan fingerprint density at radius 1 is 1.11 bits per heavy atom. The Morgan fingerprint density at radius 2 is 1.82 bits per heavy atom. The van der Waals surface area contributed by atoms with Crippen molar-refractivity contribution in [2.75, 3.05) is 19.5 Å². The van der Waals surface area contributed by atoms with Crippen molar-refractivity contribution in [3.8, 4) is 11.5 Å². The number of para-hydroxylation sites is 2. The molecule has 0 saturated heterocycles. The first kappa shape index (κ1) is 19.8. The number of ether oxygens (including phenoxy) is 2. The van der Waals surface area contributed by atoms with Crippen molar-refractivity contribution in [2.24, 2.45) is 0 Å². The molecule has 2 aromatic carbocycles. The molecule has 1 atom stereocenters. The highest BCUT2D eigenvalue weighted by molar-refractivity contribution is 9.10. The molecule has 3 rings (SSSR count). The SMILES string of the molecule is COc1ccccc1NC(=O)C1=C(C)NC(=O)NC1c1cc(Br)ccc1OC. The number of carbonyl (C=O) groups is 2. The first-order valence-corrected chi connectivity index (χ1v) is 9.30. The molecule has 3 amide bonds.